The summed E-state index contributed by atoms with van der Waals surface area (Å²) in [6, 6.07) is 15.3. The maximum Gasteiger partial charge on any atom is 0.369 e. The van der Waals surface area contributed by atoms with E-state index in [1.165, 1.54) is 10.8 Å². The summed E-state index contributed by atoms with van der Waals surface area (Å²) in [5, 5.41) is 8.97. The van der Waals surface area contributed by atoms with Crippen LogP contribution < -0.4 is 9.79 Å². The van der Waals surface area contributed by atoms with Crippen molar-refractivity contribution >= 4 is 45.4 Å². The first-order valence-corrected chi connectivity index (χ1v) is 10.3. The molecule has 0 saturated heterocycles. The molecule has 0 spiro atoms. The van der Waals surface area contributed by atoms with Crippen molar-refractivity contribution in [1.29, 1.82) is 0 Å². The van der Waals surface area contributed by atoms with Crippen molar-refractivity contribution < 1.29 is 9.13 Å². The minimum Gasteiger partial charge on any atom is -0.631 e. The van der Waals surface area contributed by atoms with E-state index < -0.39 is 6.48 Å². The number of amidine groups is 1. The van der Waals surface area contributed by atoms with Crippen molar-refractivity contribution in [3.8, 4) is 0 Å². The number of nitrogens with zero attached hydrogens (tertiary/aromatic N) is 2. The van der Waals surface area contributed by atoms with Gasteiger partial charge in [-0.1, -0.05) is 81.0 Å². The van der Waals surface area contributed by atoms with Crippen LogP contribution in [0.2, 0.25) is 12.6 Å². The summed E-state index contributed by atoms with van der Waals surface area (Å²) < 4.78 is 8.79. The van der Waals surface area contributed by atoms with E-state index in [4.69, 9.17) is 9.65 Å². The Morgan fingerprint density at radius 3 is 2.62 bits per heavy atom. The van der Waals surface area contributed by atoms with Gasteiger partial charge < -0.3 is 9.13 Å². The van der Waals surface area contributed by atoms with E-state index in [1.807, 2.05) is 0 Å². The molecule has 1 aromatic heterocycles. The quantitative estimate of drug-likeness (QED) is 0.612. The Morgan fingerprint density at radius 2 is 1.85 bits per heavy atom. The van der Waals surface area contributed by atoms with E-state index in [1.54, 1.807) is 11.3 Å². The third kappa shape index (κ3) is 3.10. The molecule has 0 amide bonds. The average Bonchev–Trinajstić information content (AvgIpc) is 3.11. The van der Waals surface area contributed by atoms with Gasteiger partial charge in [0.25, 0.3) is 0 Å². The Bertz CT molecular complexity index is 947. The summed E-state index contributed by atoms with van der Waals surface area (Å²) in [6.45, 7) is 3.31. The van der Waals surface area contributed by atoms with E-state index >= 15 is 0 Å². The second-order valence-corrected chi connectivity index (χ2v) is 7.86. The zero-order chi connectivity index (χ0) is 18.0. The molecule has 3 aromatic rings. The van der Waals surface area contributed by atoms with E-state index in [0.29, 0.717) is 6.02 Å². The molecule has 0 aliphatic carbocycles. The lowest BCUT2D eigenvalue weighted by atomic mass is 9.45. The molecule has 26 heavy (non-hydrogen) atoms. The fourth-order valence-corrected chi connectivity index (χ4v) is 4.82. The van der Waals surface area contributed by atoms with Crippen LogP contribution >= 0.6 is 11.3 Å². The highest BCUT2D eigenvalue weighted by Crippen LogP contribution is 2.29. The highest BCUT2D eigenvalue weighted by atomic mass is 32.1. The zero-order valence-corrected chi connectivity index (χ0v) is 16.1. The van der Waals surface area contributed by atoms with Gasteiger partial charge >= 0.3 is 17.6 Å². The fourth-order valence-electron chi connectivity index (χ4n) is 3.99. The number of aromatic nitrogens is 1. The Kier molecular flexibility index (Phi) is 4.68. The number of aliphatic imine (C=N–C) groups is 1. The minimum atomic E-state index is -1.13. The summed E-state index contributed by atoms with van der Waals surface area (Å²) in [5.74, 6) is 0. The minimum absolute atomic E-state index is 0.615. The molecule has 1 aliphatic rings. The van der Waals surface area contributed by atoms with Gasteiger partial charge in [0.1, 0.15) is 0 Å². The SMILES string of the molecule is CCC[B-]1(CCC)OC(Nc2ccc3ccccc3c2)=Nc2scc[n+]21. The molecule has 0 atom stereocenters. The van der Waals surface area contributed by atoms with Crippen LogP contribution in [0.3, 0.4) is 0 Å². The number of anilines is 1. The Balaban J connectivity index is 1.68. The van der Waals surface area contributed by atoms with Gasteiger partial charge in [-0.25, -0.2) is 0 Å². The van der Waals surface area contributed by atoms with Crippen molar-refractivity contribution in [2.75, 3.05) is 5.32 Å². The van der Waals surface area contributed by atoms with E-state index in [-0.39, 0.29) is 0 Å². The summed E-state index contributed by atoms with van der Waals surface area (Å²) in [5.41, 5.74) is 1.00. The molecule has 0 radical (unpaired) electrons. The van der Waals surface area contributed by atoms with Crippen LogP contribution in [0.1, 0.15) is 26.7 Å². The molecule has 2 heterocycles. The van der Waals surface area contributed by atoms with E-state index in [9.17, 15) is 0 Å². The second kappa shape index (κ2) is 7.12. The van der Waals surface area contributed by atoms with Crippen molar-refractivity contribution in [1.82, 2.24) is 0 Å². The van der Waals surface area contributed by atoms with Gasteiger partial charge in [-0.15, -0.1) is 0 Å². The van der Waals surface area contributed by atoms with Gasteiger partial charge in [-0.05, 0) is 22.9 Å². The molecular formula is C20H24BN3OS. The van der Waals surface area contributed by atoms with Gasteiger partial charge in [-0.2, -0.15) is 0 Å². The Morgan fingerprint density at radius 1 is 1.08 bits per heavy atom. The molecule has 4 rings (SSSR count). The van der Waals surface area contributed by atoms with Crippen molar-refractivity contribution in [3.05, 3.63) is 54.0 Å². The van der Waals surface area contributed by atoms with Gasteiger partial charge in [0, 0.05) is 16.1 Å². The Hall–Kier alpha value is -2.34. The maximum atomic E-state index is 6.53. The molecular weight excluding hydrogens is 341 g/mol. The smallest absolute Gasteiger partial charge is 0.369 e. The zero-order valence-electron chi connectivity index (χ0n) is 15.3. The van der Waals surface area contributed by atoms with E-state index in [0.717, 1.165) is 36.3 Å². The predicted molar refractivity (Wildman–Crippen MR) is 112 cm³/mol. The standard InChI is InChI=1S/C20H24BN3OS/c1-3-11-21(12-4-2)24-13-14-26-20(24)23-19(25-21)22-18-10-9-16-7-5-6-8-17(16)15-18/h5-10,13-15H,3-4,11-12H2,1-2H3,(H,22,23). The third-order valence-electron chi connectivity index (χ3n) is 5.13. The lowest BCUT2D eigenvalue weighted by Crippen LogP contribution is -2.68. The maximum absolute atomic E-state index is 6.53. The molecule has 0 fully saturated rings. The first-order chi connectivity index (χ1) is 12.7. The summed E-state index contributed by atoms with van der Waals surface area (Å²) in [7, 11) is 0. The highest BCUT2D eigenvalue weighted by molar-refractivity contribution is 7.13. The van der Waals surface area contributed by atoms with Gasteiger partial charge in [0.2, 0.25) is 0 Å². The largest absolute Gasteiger partial charge is 0.631 e. The van der Waals surface area contributed by atoms with E-state index in [2.05, 4.69) is 77.7 Å². The van der Waals surface area contributed by atoms with Crippen molar-refractivity contribution in [3.63, 3.8) is 0 Å². The van der Waals surface area contributed by atoms with Crippen LogP contribution in [0.15, 0.2) is 59.0 Å². The first-order valence-electron chi connectivity index (χ1n) is 9.45. The molecule has 0 unspecified atom stereocenters. The predicted octanol–water partition coefficient (Wildman–Crippen LogP) is 5.43. The average molecular weight is 365 g/mol. The highest BCUT2D eigenvalue weighted by Gasteiger charge is 2.42. The second-order valence-electron chi connectivity index (χ2n) is 6.98. The molecule has 4 nitrogen and oxygen atoms in total. The number of benzene rings is 2. The van der Waals surface area contributed by atoms with Crippen LogP contribution in [-0.4, -0.2) is 12.5 Å². The van der Waals surface area contributed by atoms with Crippen LogP contribution in [0.5, 0.6) is 0 Å². The molecule has 6 heteroatoms. The van der Waals surface area contributed by atoms with Gasteiger partial charge in [0.15, 0.2) is 0 Å². The first kappa shape index (κ1) is 17.1. The normalized spacial score (nSPS) is 15.2. The van der Waals surface area contributed by atoms with Gasteiger partial charge in [-0.3, -0.25) is 5.32 Å². The fraction of sp³-hybridized carbons (Fsp3) is 0.300. The van der Waals surface area contributed by atoms with Crippen LogP contribution in [-0.2, 0) is 4.65 Å². The molecule has 1 N–H and O–H groups in total. The number of hydrogen-bond acceptors (Lipinski definition) is 4. The number of fused-ring (bicyclic) bond motifs is 2. The molecule has 2 aromatic carbocycles. The number of hydrogen-bond donors (Lipinski definition) is 1. The van der Waals surface area contributed by atoms with Gasteiger partial charge in [0.05, 0.1) is 6.20 Å². The lowest BCUT2D eigenvalue weighted by molar-refractivity contribution is -0.543. The monoisotopic (exact) mass is 365 g/mol. The number of nitrogens with one attached hydrogen (secondary N) is 1. The third-order valence-corrected chi connectivity index (χ3v) is 5.90. The summed E-state index contributed by atoms with van der Waals surface area (Å²) in [6.07, 6.45) is 6.36. The summed E-state index contributed by atoms with van der Waals surface area (Å²) >= 11 is 1.67. The van der Waals surface area contributed by atoms with Crippen molar-refractivity contribution in [2.45, 2.75) is 39.3 Å². The molecule has 1 aliphatic heterocycles. The van der Waals surface area contributed by atoms with Crippen molar-refractivity contribution in [2.24, 2.45) is 4.99 Å². The number of thiazole rings is 1. The molecule has 0 saturated carbocycles. The van der Waals surface area contributed by atoms with Crippen LogP contribution in [0, 0.1) is 0 Å². The lowest BCUT2D eigenvalue weighted by Gasteiger charge is -2.39. The number of rotatable bonds is 5. The van der Waals surface area contributed by atoms with Crippen LogP contribution in [0.4, 0.5) is 10.8 Å². The summed E-state index contributed by atoms with van der Waals surface area (Å²) in [4.78, 5) is 4.72. The Labute approximate surface area is 158 Å². The molecule has 0 bridgehead atoms. The molecule has 134 valence electrons. The van der Waals surface area contributed by atoms with Crippen LogP contribution in [0.25, 0.3) is 10.8 Å². The topological polar surface area (TPSA) is 37.5 Å².